The number of amides is 1. The molecule has 0 unspecified atom stereocenters. The van der Waals surface area contributed by atoms with Crippen molar-refractivity contribution in [3.63, 3.8) is 0 Å². The molecule has 3 heterocycles. The number of pyridine rings is 2. The van der Waals surface area contributed by atoms with Gasteiger partial charge in [-0.25, -0.2) is 4.98 Å². The lowest BCUT2D eigenvalue weighted by atomic mass is 9.99. The van der Waals surface area contributed by atoms with E-state index in [2.05, 4.69) is 15.3 Å². The first-order valence-electron chi connectivity index (χ1n) is 8.47. The summed E-state index contributed by atoms with van der Waals surface area (Å²) in [4.78, 5) is 30.5. The Bertz CT molecular complexity index is 898. The summed E-state index contributed by atoms with van der Waals surface area (Å²) in [5, 5.41) is 2.89. The first-order chi connectivity index (χ1) is 12.1. The van der Waals surface area contributed by atoms with Crippen molar-refractivity contribution in [1.82, 2.24) is 15.3 Å². The lowest BCUT2D eigenvalue weighted by molar-refractivity contribution is -0.119. The Morgan fingerprint density at radius 2 is 2.00 bits per heavy atom. The van der Waals surface area contributed by atoms with Gasteiger partial charge in [0.1, 0.15) is 0 Å². The molecule has 128 valence electrons. The zero-order chi connectivity index (χ0) is 17.4. The molecule has 0 radical (unpaired) electrons. The Morgan fingerprint density at radius 1 is 1.16 bits per heavy atom. The number of hydrogen-bond acceptors (Lipinski definition) is 3. The van der Waals surface area contributed by atoms with Gasteiger partial charge in [0.25, 0.3) is 5.56 Å². The molecule has 5 nitrogen and oxygen atoms in total. The molecule has 0 spiro atoms. The molecule has 25 heavy (non-hydrogen) atoms. The minimum absolute atomic E-state index is 0.00964. The molecular formula is C19H18FN3O2. The van der Waals surface area contributed by atoms with Gasteiger partial charge in [-0.2, -0.15) is 4.39 Å². The van der Waals surface area contributed by atoms with Crippen LogP contribution in [0.5, 0.6) is 0 Å². The van der Waals surface area contributed by atoms with E-state index in [0.29, 0.717) is 30.0 Å². The molecule has 2 aromatic heterocycles. The maximum Gasteiger partial charge on any atom is 0.251 e. The molecule has 1 saturated heterocycles. The number of aromatic nitrogens is 2. The van der Waals surface area contributed by atoms with Gasteiger partial charge in [-0.15, -0.1) is 0 Å². The summed E-state index contributed by atoms with van der Waals surface area (Å²) in [6, 6.07) is 6.54. The molecule has 1 atom stereocenters. The van der Waals surface area contributed by atoms with E-state index in [0.717, 1.165) is 24.0 Å². The van der Waals surface area contributed by atoms with Gasteiger partial charge in [-0.1, -0.05) is 12.1 Å². The maximum atomic E-state index is 13.2. The minimum atomic E-state index is -0.560. The SMILES string of the molecule is O=C1CC[C@H](/C=C(\c2ccc(F)nc2)c2ccc(C3CC3)c(=O)[nH]2)N1. The molecule has 2 aliphatic rings. The average molecular weight is 339 g/mol. The number of hydrogen-bond donors (Lipinski definition) is 2. The summed E-state index contributed by atoms with van der Waals surface area (Å²) in [7, 11) is 0. The van der Waals surface area contributed by atoms with Crippen LogP contribution in [0.4, 0.5) is 4.39 Å². The van der Waals surface area contributed by atoms with E-state index < -0.39 is 5.95 Å². The number of aromatic amines is 1. The van der Waals surface area contributed by atoms with Gasteiger partial charge >= 0.3 is 0 Å². The lowest BCUT2D eigenvalue weighted by Gasteiger charge is -2.12. The first kappa shape index (κ1) is 15.7. The highest BCUT2D eigenvalue weighted by atomic mass is 19.1. The Labute approximate surface area is 144 Å². The van der Waals surface area contributed by atoms with E-state index >= 15 is 0 Å². The summed E-state index contributed by atoms with van der Waals surface area (Å²) >= 11 is 0. The molecule has 2 fully saturated rings. The topological polar surface area (TPSA) is 74.8 Å². The third-order valence-corrected chi connectivity index (χ3v) is 4.68. The highest BCUT2D eigenvalue weighted by Crippen LogP contribution is 2.38. The second-order valence-corrected chi connectivity index (χ2v) is 6.59. The van der Waals surface area contributed by atoms with Crippen LogP contribution in [0.3, 0.4) is 0 Å². The van der Waals surface area contributed by atoms with Crippen molar-refractivity contribution < 1.29 is 9.18 Å². The van der Waals surface area contributed by atoms with E-state index in [4.69, 9.17) is 0 Å². The van der Waals surface area contributed by atoms with Crippen LogP contribution < -0.4 is 10.9 Å². The van der Waals surface area contributed by atoms with Crippen LogP contribution in [0.2, 0.25) is 0 Å². The zero-order valence-electron chi connectivity index (χ0n) is 13.6. The summed E-state index contributed by atoms with van der Waals surface area (Å²) < 4.78 is 13.2. The van der Waals surface area contributed by atoms with Crippen molar-refractivity contribution in [2.75, 3.05) is 0 Å². The molecule has 1 amide bonds. The molecule has 0 bridgehead atoms. The van der Waals surface area contributed by atoms with Crippen molar-refractivity contribution >= 4 is 11.5 Å². The van der Waals surface area contributed by atoms with Crippen LogP contribution in [0.1, 0.15) is 48.4 Å². The number of carbonyl (C=O) groups is 1. The van der Waals surface area contributed by atoms with Gasteiger partial charge in [0.05, 0.1) is 0 Å². The highest BCUT2D eigenvalue weighted by Gasteiger charge is 2.26. The Kier molecular flexibility index (Phi) is 3.95. The summed E-state index contributed by atoms with van der Waals surface area (Å²) in [6.07, 6.45) is 6.63. The van der Waals surface area contributed by atoms with E-state index in [1.54, 1.807) is 6.07 Å². The summed E-state index contributed by atoms with van der Waals surface area (Å²) in [5.41, 5.74) is 2.80. The van der Waals surface area contributed by atoms with Crippen LogP contribution in [0.25, 0.3) is 5.57 Å². The van der Waals surface area contributed by atoms with Crippen LogP contribution in [0, 0.1) is 5.95 Å². The molecule has 4 rings (SSSR count). The largest absolute Gasteiger partial charge is 0.350 e. The number of carbonyl (C=O) groups excluding carboxylic acids is 1. The smallest absolute Gasteiger partial charge is 0.251 e. The van der Waals surface area contributed by atoms with E-state index in [9.17, 15) is 14.0 Å². The molecule has 1 saturated carbocycles. The van der Waals surface area contributed by atoms with Crippen LogP contribution in [0.15, 0.2) is 41.3 Å². The normalized spacial score (nSPS) is 20.6. The minimum Gasteiger partial charge on any atom is -0.350 e. The predicted molar refractivity (Wildman–Crippen MR) is 91.5 cm³/mol. The van der Waals surface area contributed by atoms with E-state index in [-0.39, 0.29) is 17.5 Å². The number of halogens is 1. The van der Waals surface area contributed by atoms with Crippen LogP contribution >= 0.6 is 0 Å². The van der Waals surface area contributed by atoms with Crippen molar-refractivity contribution in [3.05, 3.63) is 69.7 Å². The molecule has 2 N–H and O–H groups in total. The first-order valence-corrected chi connectivity index (χ1v) is 8.47. The van der Waals surface area contributed by atoms with Gasteiger partial charge in [0.15, 0.2) is 0 Å². The number of nitrogens with one attached hydrogen (secondary N) is 2. The fourth-order valence-corrected chi connectivity index (χ4v) is 3.20. The number of H-pyrrole nitrogens is 1. The average Bonchev–Trinajstić information content (AvgIpc) is 3.35. The molecule has 1 aliphatic carbocycles. The predicted octanol–water partition coefficient (Wildman–Crippen LogP) is 2.50. The molecule has 6 heteroatoms. The summed E-state index contributed by atoms with van der Waals surface area (Å²) in [6.45, 7) is 0. The van der Waals surface area contributed by atoms with Gasteiger partial charge in [-0.05, 0) is 43.4 Å². The number of nitrogens with zero attached hydrogens (tertiary/aromatic N) is 1. The quantitative estimate of drug-likeness (QED) is 0.841. The Morgan fingerprint density at radius 3 is 2.60 bits per heavy atom. The molecular weight excluding hydrogens is 321 g/mol. The van der Waals surface area contributed by atoms with E-state index in [1.165, 1.54) is 12.3 Å². The van der Waals surface area contributed by atoms with Gasteiger partial charge in [0.2, 0.25) is 11.9 Å². The molecule has 1 aliphatic heterocycles. The van der Waals surface area contributed by atoms with Gasteiger partial charge in [0, 0.05) is 41.1 Å². The third kappa shape index (κ3) is 3.38. The van der Waals surface area contributed by atoms with Crippen molar-refractivity contribution in [2.24, 2.45) is 0 Å². The van der Waals surface area contributed by atoms with Crippen LogP contribution in [-0.2, 0) is 4.79 Å². The van der Waals surface area contributed by atoms with Crippen molar-refractivity contribution in [3.8, 4) is 0 Å². The van der Waals surface area contributed by atoms with Crippen molar-refractivity contribution in [2.45, 2.75) is 37.6 Å². The highest BCUT2D eigenvalue weighted by molar-refractivity contribution is 5.82. The fraction of sp³-hybridized carbons (Fsp3) is 0.316. The van der Waals surface area contributed by atoms with Crippen LogP contribution in [-0.4, -0.2) is 21.9 Å². The second kappa shape index (κ2) is 6.27. The molecule has 2 aromatic rings. The fourth-order valence-electron chi connectivity index (χ4n) is 3.20. The Hall–Kier alpha value is -2.76. The zero-order valence-corrected chi connectivity index (χ0v) is 13.6. The third-order valence-electron chi connectivity index (χ3n) is 4.68. The van der Waals surface area contributed by atoms with E-state index in [1.807, 2.05) is 18.2 Å². The second-order valence-electron chi connectivity index (χ2n) is 6.59. The Balaban J connectivity index is 1.75. The maximum absolute atomic E-state index is 13.2. The van der Waals surface area contributed by atoms with Gasteiger partial charge in [-0.3, -0.25) is 9.59 Å². The standard InChI is InChI=1S/C19H18FN3O2/c20-17-7-3-12(10-21-17)15(9-13-4-8-18(24)22-13)16-6-5-14(11-1-2-11)19(25)23-16/h3,5-7,9-11,13H,1-2,4,8H2,(H,22,24)(H,23,25)/b15-9+/t13-/m1/s1. The molecule has 0 aromatic carbocycles. The number of rotatable bonds is 4. The summed E-state index contributed by atoms with van der Waals surface area (Å²) in [5.74, 6) is -0.183. The lowest BCUT2D eigenvalue weighted by Crippen LogP contribution is -2.23. The van der Waals surface area contributed by atoms with Gasteiger partial charge < -0.3 is 10.3 Å². The van der Waals surface area contributed by atoms with Crippen molar-refractivity contribution in [1.29, 1.82) is 0 Å². The monoisotopic (exact) mass is 339 g/mol.